The molecule has 0 fully saturated rings. The topological polar surface area (TPSA) is 90.9 Å². The summed E-state index contributed by atoms with van der Waals surface area (Å²) in [5.74, 6) is 0. The van der Waals surface area contributed by atoms with E-state index in [1.54, 1.807) is 49.8 Å². The van der Waals surface area contributed by atoms with Crippen molar-refractivity contribution in [3.63, 3.8) is 0 Å². The maximum Gasteiger partial charge on any atom is 0.122 e. The lowest BCUT2D eigenvalue weighted by Gasteiger charge is -2.30. The first kappa shape index (κ1) is 40.4. The number of ether oxygens (including phenoxy) is 8. The van der Waals surface area contributed by atoms with Crippen molar-refractivity contribution in [3.8, 4) is 0 Å². The molecule has 0 aromatic carbocycles. The first-order valence-electron chi connectivity index (χ1n) is 15.5. The van der Waals surface area contributed by atoms with Gasteiger partial charge in [-0.3, -0.25) is 0 Å². The number of methoxy groups -OCH3 is 8. The van der Waals surface area contributed by atoms with Crippen LogP contribution < -0.4 is 0 Å². The largest absolute Gasteiger partial charge is 0.381 e. The smallest absolute Gasteiger partial charge is 0.122 e. The number of aldehydes is 1. The molecule has 0 heterocycles. The highest BCUT2D eigenvalue weighted by molar-refractivity contribution is 5.50. The number of unbranched alkanes of at least 4 members (excludes halogenated alkanes) is 2. The second-order valence-corrected chi connectivity index (χ2v) is 11.1. The summed E-state index contributed by atoms with van der Waals surface area (Å²) in [6.07, 6.45) is 13.7. The summed E-state index contributed by atoms with van der Waals surface area (Å²) in [5, 5.41) is 0. The number of rotatable bonds is 30. The van der Waals surface area contributed by atoms with Crippen LogP contribution >= 0.6 is 0 Å². The molecule has 9 heteroatoms. The highest BCUT2D eigenvalue weighted by Gasteiger charge is 2.27. The van der Waals surface area contributed by atoms with Crippen LogP contribution in [0.1, 0.15) is 96.8 Å². The Morgan fingerprint density at radius 2 is 0.732 bits per heavy atom. The molecule has 0 N–H and O–H groups in total. The minimum atomic E-state index is -0.165. The van der Waals surface area contributed by atoms with E-state index in [4.69, 9.17) is 37.9 Å². The van der Waals surface area contributed by atoms with Gasteiger partial charge in [0.2, 0.25) is 0 Å². The van der Waals surface area contributed by atoms with Crippen molar-refractivity contribution >= 4 is 6.29 Å². The van der Waals surface area contributed by atoms with E-state index >= 15 is 0 Å². The molecule has 0 amide bonds. The summed E-state index contributed by atoms with van der Waals surface area (Å²) in [4.78, 5) is 10.9. The maximum atomic E-state index is 10.9. The Morgan fingerprint density at radius 3 is 1.05 bits per heavy atom. The first-order chi connectivity index (χ1) is 19.9. The van der Waals surface area contributed by atoms with Crippen molar-refractivity contribution in [3.05, 3.63) is 0 Å². The molecule has 0 radical (unpaired) electrons. The van der Waals surface area contributed by atoms with E-state index in [1.807, 2.05) is 7.11 Å². The molecule has 246 valence electrons. The van der Waals surface area contributed by atoms with Crippen molar-refractivity contribution < 1.29 is 42.7 Å². The number of carbonyl (C=O) groups is 1. The highest BCUT2D eigenvalue weighted by Crippen LogP contribution is 2.24. The molecule has 8 atom stereocenters. The quantitative estimate of drug-likeness (QED) is 0.0760. The Bertz CT molecular complexity index is 579. The van der Waals surface area contributed by atoms with Crippen LogP contribution in [0.15, 0.2) is 0 Å². The highest BCUT2D eigenvalue weighted by atomic mass is 16.5. The van der Waals surface area contributed by atoms with E-state index < -0.39 is 0 Å². The molecule has 0 aromatic rings. The van der Waals surface area contributed by atoms with Gasteiger partial charge in [-0.15, -0.1) is 0 Å². The molecule has 0 aromatic heterocycles. The lowest BCUT2D eigenvalue weighted by molar-refractivity contribution is -0.110. The van der Waals surface area contributed by atoms with Crippen LogP contribution in [0, 0.1) is 0 Å². The molecule has 0 aliphatic carbocycles. The molecular weight excluding hydrogens is 528 g/mol. The van der Waals surface area contributed by atoms with Crippen molar-refractivity contribution in [2.75, 3.05) is 56.9 Å². The van der Waals surface area contributed by atoms with Crippen molar-refractivity contribution in [1.29, 1.82) is 0 Å². The van der Waals surface area contributed by atoms with Crippen LogP contribution in [0.25, 0.3) is 0 Å². The standard InChI is InChI=1S/C32H64O9/c1-10-14-25(34-2)15-12-11-13-16-26(35-3)19-28(37-5)21-30(39-7)23-32(41-9)24-31(40-8)22-29(38-6)20-27(36-4)17-18-33/h18,25-32H,10-17,19-24H2,1-9H3/t25-,26-,27+,28-,29+,30-,31+,32-/m1/s1. The fourth-order valence-corrected chi connectivity index (χ4v) is 5.55. The molecule has 0 rings (SSSR count). The van der Waals surface area contributed by atoms with Crippen molar-refractivity contribution in [1.82, 2.24) is 0 Å². The van der Waals surface area contributed by atoms with Gasteiger partial charge >= 0.3 is 0 Å². The van der Waals surface area contributed by atoms with E-state index in [0.717, 1.165) is 57.7 Å². The van der Waals surface area contributed by atoms with Crippen LogP contribution in [-0.2, 0) is 42.7 Å². The molecule has 0 unspecified atom stereocenters. The molecule has 41 heavy (non-hydrogen) atoms. The molecular formula is C32H64O9. The Kier molecular flexibility index (Phi) is 26.5. The first-order valence-corrected chi connectivity index (χ1v) is 15.5. The average Bonchev–Trinajstić information content (AvgIpc) is 3.00. The van der Waals surface area contributed by atoms with Crippen molar-refractivity contribution in [2.24, 2.45) is 0 Å². The minimum absolute atomic E-state index is 0.0202. The number of carbonyl (C=O) groups excluding carboxylic acids is 1. The van der Waals surface area contributed by atoms with Crippen LogP contribution in [0.2, 0.25) is 0 Å². The lowest BCUT2D eigenvalue weighted by atomic mass is 9.95. The Morgan fingerprint density at radius 1 is 0.415 bits per heavy atom. The van der Waals surface area contributed by atoms with Gasteiger partial charge in [-0.05, 0) is 51.4 Å². The second-order valence-electron chi connectivity index (χ2n) is 11.1. The number of hydrogen-bond donors (Lipinski definition) is 0. The molecule has 0 bridgehead atoms. The molecule has 9 nitrogen and oxygen atoms in total. The zero-order valence-corrected chi connectivity index (χ0v) is 27.8. The normalized spacial score (nSPS) is 17.9. The van der Waals surface area contributed by atoms with Gasteiger partial charge < -0.3 is 42.7 Å². The van der Waals surface area contributed by atoms with E-state index in [2.05, 4.69) is 6.92 Å². The van der Waals surface area contributed by atoms with Gasteiger partial charge in [0.1, 0.15) is 6.29 Å². The third-order valence-corrected chi connectivity index (χ3v) is 8.34. The van der Waals surface area contributed by atoms with Gasteiger partial charge in [0, 0.05) is 69.7 Å². The van der Waals surface area contributed by atoms with Gasteiger partial charge in [-0.2, -0.15) is 0 Å². The molecule has 0 saturated heterocycles. The monoisotopic (exact) mass is 592 g/mol. The molecule has 0 aliphatic heterocycles. The molecule has 0 aliphatic rings. The lowest BCUT2D eigenvalue weighted by Crippen LogP contribution is -2.33. The number of hydrogen-bond acceptors (Lipinski definition) is 9. The van der Waals surface area contributed by atoms with Crippen LogP contribution in [0.3, 0.4) is 0 Å². The summed E-state index contributed by atoms with van der Waals surface area (Å²) in [6, 6.07) is 0. The van der Waals surface area contributed by atoms with Crippen LogP contribution in [-0.4, -0.2) is 112 Å². The van der Waals surface area contributed by atoms with Gasteiger partial charge in [0.05, 0.1) is 48.8 Å². The third-order valence-electron chi connectivity index (χ3n) is 8.34. The van der Waals surface area contributed by atoms with Gasteiger partial charge in [0.15, 0.2) is 0 Å². The van der Waals surface area contributed by atoms with E-state index in [9.17, 15) is 4.79 Å². The predicted molar refractivity (Wildman–Crippen MR) is 163 cm³/mol. The Balaban J connectivity index is 4.83. The summed E-state index contributed by atoms with van der Waals surface area (Å²) in [6.45, 7) is 2.21. The fourth-order valence-electron chi connectivity index (χ4n) is 5.55. The average molecular weight is 593 g/mol. The van der Waals surface area contributed by atoms with E-state index in [0.29, 0.717) is 31.8 Å². The van der Waals surface area contributed by atoms with E-state index in [1.165, 1.54) is 12.8 Å². The zero-order chi connectivity index (χ0) is 30.9. The predicted octanol–water partition coefficient (Wildman–Crippen LogP) is 5.79. The SMILES string of the molecule is CCC[C@H](CCCCC[C@H](C[C@H](C[C@H](C[C@H](C[C@H](C[C@H](C[C@H](CC=O)OC)OC)OC)OC)OC)OC)OC)OC. The van der Waals surface area contributed by atoms with Crippen LogP contribution in [0.4, 0.5) is 0 Å². The summed E-state index contributed by atoms with van der Waals surface area (Å²) in [5.41, 5.74) is 0. The summed E-state index contributed by atoms with van der Waals surface area (Å²) < 4.78 is 45.9. The third kappa shape index (κ3) is 19.3. The zero-order valence-electron chi connectivity index (χ0n) is 27.8. The summed E-state index contributed by atoms with van der Waals surface area (Å²) >= 11 is 0. The molecule has 0 saturated carbocycles. The Labute approximate surface area is 251 Å². The maximum absolute atomic E-state index is 10.9. The second kappa shape index (κ2) is 26.9. The van der Waals surface area contributed by atoms with Crippen molar-refractivity contribution in [2.45, 2.75) is 146 Å². The van der Waals surface area contributed by atoms with Gasteiger partial charge in [0.25, 0.3) is 0 Å². The van der Waals surface area contributed by atoms with Gasteiger partial charge in [-0.25, -0.2) is 0 Å². The Hall–Kier alpha value is -0.650. The van der Waals surface area contributed by atoms with Crippen LogP contribution in [0.5, 0.6) is 0 Å². The summed E-state index contributed by atoms with van der Waals surface area (Å²) in [7, 11) is 13.9. The molecule has 0 spiro atoms. The minimum Gasteiger partial charge on any atom is -0.381 e. The van der Waals surface area contributed by atoms with Gasteiger partial charge in [-0.1, -0.05) is 32.6 Å². The van der Waals surface area contributed by atoms with E-state index in [-0.39, 0.29) is 42.7 Å². The fraction of sp³-hybridized carbons (Fsp3) is 0.969.